The van der Waals surface area contributed by atoms with Crippen LogP contribution in [0.1, 0.15) is 39.1 Å². The number of rotatable bonds is 7. The summed E-state index contributed by atoms with van der Waals surface area (Å²) in [6.45, 7) is 0. The smallest absolute Gasteiger partial charge is 0.0714 e. The summed E-state index contributed by atoms with van der Waals surface area (Å²) in [7, 11) is 0. The zero-order valence-corrected chi connectivity index (χ0v) is 32.3. The van der Waals surface area contributed by atoms with E-state index in [4.69, 9.17) is 0 Å². The minimum Gasteiger partial charge on any atom is -0.310 e. The van der Waals surface area contributed by atoms with Gasteiger partial charge < -0.3 is 4.90 Å². The Balaban J connectivity index is 1.16. The minimum absolute atomic E-state index is 0.516. The van der Waals surface area contributed by atoms with Crippen LogP contribution >= 0.6 is 11.3 Å². The minimum atomic E-state index is -0.516. The highest BCUT2D eigenvalue weighted by atomic mass is 32.1. The molecule has 0 saturated heterocycles. The third-order valence-corrected chi connectivity index (χ3v) is 13.3. The molecule has 0 N–H and O–H groups in total. The fourth-order valence-electron chi connectivity index (χ4n) is 9.44. The molecule has 0 aliphatic heterocycles. The Morgan fingerprint density at radius 2 is 0.965 bits per heavy atom. The van der Waals surface area contributed by atoms with Crippen LogP contribution in [0.4, 0.5) is 17.1 Å². The molecular formula is C55H39NS. The molecule has 1 nitrogen and oxygen atoms in total. The number of aryl methyl sites for hydroxylation is 1. The van der Waals surface area contributed by atoms with Gasteiger partial charge in [-0.25, -0.2) is 0 Å². The molecule has 270 valence electrons. The molecule has 0 saturated carbocycles. The summed E-state index contributed by atoms with van der Waals surface area (Å²) in [4.78, 5) is 3.83. The van der Waals surface area contributed by atoms with Crippen molar-refractivity contribution in [3.8, 4) is 33.4 Å². The second-order valence-corrected chi connectivity index (χ2v) is 16.2. The number of thiophene rings is 1. The van der Waals surface area contributed by atoms with Crippen LogP contribution in [-0.4, -0.2) is 0 Å². The average molecular weight is 746 g/mol. The molecule has 2 aliphatic rings. The highest BCUT2D eigenvalue weighted by Crippen LogP contribution is 2.60. The predicted octanol–water partition coefficient (Wildman–Crippen LogP) is 15.0. The number of allylic oxidation sites excluding steroid dienone is 1. The molecule has 0 atom stereocenters. The van der Waals surface area contributed by atoms with Gasteiger partial charge in [0, 0.05) is 32.2 Å². The van der Waals surface area contributed by atoms with E-state index in [1.807, 2.05) is 11.3 Å². The van der Waals surface area contributed by atoms with Crippen LogP contribution in [0.5, 0.6) is 0 Å². The van der Waals surface area contributed by atoms with E-state index in [0.29, 0.717) is 0 Å². The number of hydrogen-bond acceptors (Lipinski definition) is 2. The van der Waals surface area contributed by atoms with Crippen molar-refractivity contribution in [1.29, 1.82) is 0 Å². The lowest BCUT2D eigenvalue weighted by molar-refractivity contribution is 0.769. The number of fused-ring (bicyclic) bond motifs is 7. The zero-order valence-electron chi connectivity index (χ0n) is 31.5. The average Bonchev–Trinajstić information content (AvgIpc) is 3.82. The van der Waals surface area contributed by atoms with Crippen molar-refractivity contribution in [3.05, 3.63) is 239 Å². The van der Waals surface area contributed by atoms with Gasteiger partial charge in [0.15, 0.2) is 0 Å². The van der Waals surface area contributed by atoms with Gasteiger partial charge in [0.05, 0.1) is 5.41 Å². The van der Waals surface area contributed by atoms with Crippen molar-refractivity contribution in [2.24, 2.45) is 0 Å². The summed E-state index contributed by atoms with van der Waals surface area (Å²) < 4.78 is 1.40. The first-order valence-electron chi connectivity index (χ1n) is 19.9. The third kappa shape index (κ3) is 5.44. The molecule has 1 heterocycles. The van der Waals surface area contributed by atoms with Gasteiger partial charge in [0.1, 0.15) is 0 Å². The molecular weight excluding hydrogens is 707 g/mol. The van der Waals surface area contributed by atoms with Crippen molar-refractivity contribution in [2.75, 3.05) is 4.90 Å². The maximum atomic E-state index is 2.49. The van der Waals surface area contributed by atoms with E-state index >= 15 is 0 Å². The van der Waals surface area contributed by atoms with Gasteiger partial charge in [0.2, 0.25) is 0 Å². The van der Waals surface area contributed by atoms with Gasteiger partial charge >= 0.3 is 0 Å². The molecule has 2 heteroatoms. The fraction of sp³-hybridized carbons (Fsp3) is 0.0545. The summed E-state index contributed by atoms with van der Waals surface area (Å²) in [5, 5.41) is 1.41. The Kier molecular flexibility index (Phi) is 8.12. The Hall–Kier alpha value is -6.74. The van der Waals surface area contributed by atoms with E-state index in [-0.39, 0.29) is 0 Å². The third-order valence-electron chi connectivity index (χ3n) is 12.0. The maximum absolute atomic E-state index is 2.49. The SMILES string of the molecule is C1=Cc2sc3c4c(ccc3c2CC1)C(c1ccccc1)(c1ccccc1)c1cc(N(c2ccc(-c3ccccc3)cc2)c2ccc(-c3ccccc3)cc2)ccc1-4. The molecule has 1 aromatic heterocycles. The van der Waals surface area contributed by atoms with E-state index in [1.165, 1.54) is 76.2 Å². The summed E-state index contributed by atoms with van der Waals surface area (Å²) in [5.41, 5.74) is 17.1. The molecule has 0 bridgehead atoms. The van der Waals surface area contributed by atoms with E-state index in [1.54, 1.807) is 0 Å². The van der Waals surface area contributed by atoms with Gasteiger partial charge in [-0.15, -0.1) is 11.3 Å². The zero-order chi connectivity index (χ0) is 37.8. The topological polar surface area (TPSA) is 3.24 Å². The van der Waals surface area contributed by atoms with Crippen molar-refractivity contribution in [3.63, 3.8) is 0 Å². The molecule has 8 aromatic carbocycles. The number of benzene rings is 8. The lowest BCUT2D eigenvalue weighted by Gasteiger charge is -2.35. The standard InChI is InChI=1S/C55H39NS/c1-5-15-38(16-6-1)40-25-29-44(30-26-40)56(45-31-27-41(28-32-45)39-17-7-2-8-18-39)46-33-34-49-51(37-46)55(42-19-9-3-10-20-42,43-21-11-4-12-22-43)50-36-35-48-47-23-13-14-24-52(47)57-54(48)53(49)50/h1-12,14-22,24-37H,13,23H2. The van der Waals surface area contributed by atoms with Gasteiger partial charge in [-0.3, -0.25) is 0 Å². The molecule has 0 amide bonds. The van der Waals surface area contributed by atoms with Crippen LogP contribution in [0.25, 0.3) is 49.5 Å². The lowest BCUT2D eigenvalue weighted by Crippen LogP contribution is -2.28. The molecule has 57 heavy (non-hydrogen) atoms. The van der Waals surface area contributed by atoms with Crippen LogP contribution in [0.2, 0.25) is 0 Å². The highest BCUT2D eigenvalue weighted by molar-refractivity contribution is 7.20. The van der Waals surface area contributed by atoms with Gasteiger partial charge in [0.25, 0.3) is 0 Å². The van der Waals surface area contributed by atoms with Crippen LogP contribution in [0.15, 0.2) is 206 Å². The van der Waals surface area contributed by atoms with Crippen LogP contribution in [-0.2, 0) is 11.8 Å². The maximum Gasteiger partial charge on any atom is 0.0714 e. The van der Waals surface area contributed by atoms with Crippen molar-refractivity contribution >= 4 is 44.6 Å². The Labute approximate surface area is 338 Å². The van der Waals surface area contributed by atoms with E-state index < -0.39 is 5.41 Å². The number of hydrogen-bond donors (Lipinski definition) is 0. The summed E-state index contributed by atoms with van der Waals surface area (Å²) in [6, 6.07) is 73.8. The quantitative estimate of drug-likeness (QED) is 0.157. The van der Waals surface area contributed by atoms with E-state index in [2.05, 4.69) is 217 Å². The first-order chi connectivity index (χ1) is 28.3. The summed E-state index contributed by atoms with van der Waals surface area (Å²) >= 11 is 1.97. The lowest BCUT2D eigenvalue weighted by atomic mass is 9.67. The second kappa shape index (κ2) is 13.8. The van der Waals surface area contributed by atoms with Crippen LogP contribution in [0.3, 0.4) is 0 Å². The summed E-state index contributed by atoms with van der Waals surface area (Å²) in [5.74, 6) is 0. The van der Waals surface area contributed by atoms with Crippen LogP contribution in [0, 0.1) is 0 Å². The van der Waals surface area contributed by atoms with Crippen molar-refractivity contribution in [2.45, 2.75) is 18.3 Å². The molecule has 0 unspecified atom stereocenters. The monoisotopic (exact) mass is 745 g/mol. The number of nitrogens with zero attached hydrogens (tertiary/aromatic N) is 1. The predicted molar refractivity (Wildman–Crippen MR) is 242 cm³/mol. The first kappa shape index (κ1) is 33.6. The molecule has 0 radical (unpaired) electrons. The normalized spacial score (nSPS) is 13.5. The van der Waals surface area contributed by atoms with E-state index in [0.717, 1.165) is 29.9 Å². The molecule has 0 spiro atoms. The molecule has 2 aliphatic carbocycles. The molecule has 11 rings (SSSR count). The summed E-state index contributed by atoms with van der Waals surface area (Å²) in [6.07, 6.45) is 6.88. The van der Waals surface area contributed by atoms with Crippen molar-refractivity contribution in [1.82, 2.24) is 0 Å². The van der Waals surface area contributed by atoms with Gasteiger partial charge in [-0.05, 0) is 116 Å². The Morgan fingerprint density at radius 3 is 1.53 bits per heavy atom. The fourth-order valence-corrected chi connectivity index (χ4v) is 10.8. The number of anilines is 3. The molecule has 0 fully saturated rings. The van der Waals surface area contributed by atoms with E-state index in [9.17, 15) is 0 Å². The van der Waals surface area contributed by atoms with Crippen molar-refractivity contribution < 1.29 is 0 Å². The molecule has 9 aromatic rings. The van der Waals surface area contributed by atoms with Crippen LogP contribution < -0.4 is 4.90 Å². The second-order valence-electron chi connectivity index (χ2n) is 15.1. The Bertz CT molecular complexity index is 2790. The highest BCUT2D eigenvalue weighted by Gasteiger charge is 2.47. The van der Waals surface area contributed by atoms with Gasteiger partial charge in [-0.2, -0.15) is 0 Å². The van der Waals surface area contributed by atoms with Gasteiger partial charge in [-0.1, -0.05) is 170 Å². The Morgan fingerprint density at radius 1 is 0.456 bits per heavy atom. The largest absolute Gasteiger partial charge is 0.310 e. The first-order valence-corrected chi connectivity index (χ1v) is 20.7.